The summed E-state index contributed by atoms with van der Waals surface area (Å²) in [4.78, 5) is 41.5. The van der Waals surface area contributed by atoms with Crippen LogP contribution >= 0.6 is 11.8 Å². The van der Waals surface area contributed by atoms with Crippen molar-refractivity contribution in [2.24, 2.45) is 5.92 Å². The lowest BCUT2D eigenvalue weighted by Gasteiger charge is -2.32. The number of nitrogens with one attached hydrogen (secondary N) is 2. The largest absolute Gasteiger partial charge is 0.497 e. The van der Waals surface area contributed by atoms with Crippen molar-refractivity contribution in [2.45, 2.75) is 56.3 Å². The van der Waals surface area contributed by atoms with Crippen LogP contribution in [0.1, 0.15) is 54.6 Å². The molecule has 0 aliphatic carbocycles. The van der Waals surface area contributed by atoms with Gasteiger partial charge < -0.3 is 20.3 Å². The zero-order valence-electron chi connectivity index (χ0n) is 20.8. The van der Waals surface area contributed by atoms with E-state index in [1.165, 1.54) is 0 Å². The summed E-state index contributed by atoms with van der Waals surface area (Å²) in [6.45, 7) is 8.23. The summed E-state index contributed by atoms with van der Waals surface area (Å²) in [6, 6.07) is 13.9. The quantitative estimate of drug-likeness (QED) is 0.585. The number of rotatable bonds is 8. The SMILES string of the molecule is COc1ccc(CCNC(=O)[C@H](NC(=O)[C@@H]2N3C(=O)c4ccccc4C3SC2(C)C)C(C)C)cc1. The van der Waals surface area contributed by atoms with Gasteiger partial charge in [0.1, 0.15) is 23.2 Å². The molecular formula is C27H33N3O4S. The molecule has 2 aliphatic heterocycles. The Morgan fingerprint density at radius 2 is 1.80 bits per heavy atom. The Morgan fingerprint density at radius 3 is 2.46 bits per heavy atom. The molecule has 3 atom stereocenters. The summed E-state index contributed by atoms with van der Waals surface area (Å²) in [7, 11) is 1.62. The van der Waals surface area contributed by atoms with E-state index in [2.05, 4.69) is 10.6 Å². The first kappa shape index (κ1) is 25.1. The van der Waals surface area contributed by atoms with E-state index in [4.69, 9.17) is 4.74 Å². The maximum Gasteiger partial charge on any atom is 0.256 e. The zero-order chi connectivity index (χ0) is 25.3. The summed E-state index contributed by atoms with van der Waals surface area (Å²) < 4.78 is 4.68. The topological polar surface area (TPSA) is 87.7 Å². The molecule has 0 aromatic heterocycles. The average molecular weight is 496 g/mol. The predicted octanol–water partition coefficient (Wildman–Crippen LogP) is 3.54. The molecule has 2 N–H and O–H groups in total. The molecular weight excluding hydrogens is 462 g/mol. The lowest BCUT2D eigenvalue weighted by molar-refractivity contribution is -0.132. The van der Waals surface area contributed by atoms with Crippen LogP contribution in [0.5, 0.6) is 5.75 Å². The van der Waals surface area contributed by atoms with Gasteiger partial charge >= 0.3 is 0 Å². The van der Waals surface area contributed by atoms with Crippen LogP contribution in [0.25, 0.3) is 0 Å². The number of carbonyl (C=O) groups excluding carboxylic acids is 3. The first-order chi connectivity index (χ1) is 16.6. The van der Waals surface area contributed by atoms with Gasteiger partial charge in [0.05, 0.1) is 7.11 Å². The van der Waals surface area contributed by atoms with Gasteiger partial charge in [-0.15, -0.1) is 11.8 Å². The van der Waals surface area contributed by atoms with Gasteiger partial charge in [0, 0.05) is 16.9 Å². The third-order valence-corrected chi connectivity index (χ3v) is 8.20. The fourth-order valence-electron chi connectivity index (χ4n) is 4.80. The molecule has 1 unspecified atom stereocenters. The van der Waals surface area contributed by atoms with E-state index in [9.17, 15) is 14.4 Å². The Balaban J connectivity index is 1.42. The second-order valence-electron chi connectivity index (χ2n) is 9.90. The van der Waals surface area contributed by atoms with Crippen LogP contribution in [0.4, 0.5) is 0 Å². The van der Waals surface area contributed by atoms with Crippen LogP contribution in [0.3, 0.4) is 0 Å². The van der Waals surface area contributed by atoms with Gasteiger partial charge in [-0.1, -0.05) is 44.2 Å². The third-order valence-electron chi connectivity index (χ3n) is 6.66. The average Bonchev–Trinajstić information content (AvgIpc) is 3.26. The molecule has 8 heteroatoms. The van der Waals surface area contributed by atoms with Crippen LogP contribution < -0.4 is 15.4 Å². The molecule has 2 heterocycles. The molecule has 186 valence electrons. The zero-order valence-corrected chi connectivity index (χ0v) is 21.6. The molecule has 35 heavy (non-hydrogen) atoms. The first-order valence-corrected chi connectivity index (χ1v) is 12.8. The minimum atomic E-state index is -0.696. The minimum Gasteiger partial charge on any atom is -0.497 e. The molecule has 1 saturated heterocycles. The molecule has 1 fully saturated rings. The van der Waals surface area contributed by atoms with Crippen molar-refractivity contribution in [3.8, 4) is 5.75 Å². The van der Waals surface area contributed by atoms with E-state index >= 15 is 0 Å². The lowest BCUT2D eigenvalue weighted by atomic mass is 9.98. The fraction of sp³-hybridized carbons (Fsp3) is 0.444. The number of methoxy groups -OCH3 is 1. The highest BCUT2D eigenvalue weighted by atomic mass is 32.2. The van der Waals surface area contributed by atoms with Gasteiger partial charge in [-0.25, -0.2) is 0 Å². The molecule has 4 rings (SSSR count). The van der Waals surface area contributed by atoms with Crippen molar-refractivity contribution in [1.29, 1.82) is 0 Å². The number of ether oxygens (including phenoxy) is 1. The smallest absolute Gasteiger partial charge is 0.256 e. The van der Waals surface area contributed by atoms with E-state index < -0.39 is 16.8 Å². The molecule has 2 aromatic rings. The van der Waals surface area contributed by atoms with Gasteiger partial charge in [0.25, 0.3) is 5.91 Å². The van der Waals surface area contributed by atoms with E-state index in [0.29, 0.717) is 18.5 Å². The van der Waals surface area contributed by atoms with Crippen molar-refractivity contribution < 1.29 is 19.1 Å². The van der Waals surface area contributed by atoms with Crippen molar-refractivity contribution >= 4 is 29.5 Å². The van der Waals surface area contributed by atoms with E-state index in [-0.39, 0.29) is 29.0 Å². The Labute approximate surface area is 211 Å². The number of amides is 3. The van der Waals surface area contributed by atoms with Crippen molar-refractivity contribution in [2.75, 3.05) is 13.7 Å². The highest BCUT2D eigenvalue weighted by molar-refractivity contribution is 8.01. The molecule has 2 aromatic carbocycles. The Bertz CT molecular complexity index is 1120. The van der Waals surface area contributed by atoms with Crippen LogP contribution in [-0.2, 0) is 16.0 Å². The number of carbonyl (C=O) groups is 3. The van der Waals surface area contributed by atoms with Gasteiger partial charge in [0.15, 0.2) is 0 Å². The van der Waals surface area contributed by atoms with Crippen LogP contribution in [0.15, 0.2) is 48.5 Å². The summed E-state index contributed by atoms with van der Waals surface area (Å²) >= 11 is 1.61. The number of nitrogens with zero attached hydrogens (tertiary/aromatic N) is 1. The molecule has 7 nitrogen and oxygen atoms in total. The molecule has 0 radical (unpaired) electrons. The second-order valence-corrected chi connectivity index (χ2v) is 11.6. The van der Waals surface area contributed by atoms with Crippen LogP contribution in [-0.4, -0.2) is 53.1 Å². The van der Waals surface area contributed by atoms with E-state index in [1.54, 1.807) is 23.8 Å². The van der Waals surface area contributed by atoms with Crippen LogP contribution in [0.2, 0.25) is 0 Å². The van der Waals surface area contributed by atoms with E-state index in [0.717, 1.165) is 16.9 Å². The molecule has 0 saturated carbocycles. The Hall–Kier alpha value is -3.00. The standard InChI is InChI=1S/C27H33N3O4S/c1-16(2)21(23(31)28-15-14-17-10-12-18(34-5)13-11-17)29-24(32)22-27(3,4)35-26-20-9-7-6-8-19(20)25(33)30(22)26/h6-13,16,21-22,26H,14-15H2,1-5H3,(H,28,31)(H,29,32)/t21-,22+,26?/m1/s1. The minimum absolute atomic E-state index is 0.112. The van der Waals surface area contributed by atoms with Gasteiger partial charge in [-0.05, 0) is 55.5 Å². The molecule has 2 aliphatic rings. The van der Waals surface area contributed by atoms with E-state index in [1.807, 2.05) is 76.2 Å². The predicted molar refractivity (Wildman–Crippen MR) is 137 cm³/mol. The number of fused-ring (bicyclic) bond motifs is 3. The summed E-state index contributed by atoms with van der Waals surface area (Å²) in [5, 5.41) is 5.73. The maximum absolute atomic E-state index is 13.6. The van der Waals surface area contributed by atoms with Crippen molar-refractivity contribution in [3.63, 3.8) is 0 Å². The highest BCUT2D eigenvalue weighted by Gasteiger charge is 2.57. The van der Waals surface area contributed by atoms with Gasteiger partial charge in [0.2, 0.25) is 11.8 Å². The second kappa shape index (κ2) is 9.93. The van der Waals surface area contributed by atoms with Crippen molar-refractivity contribution in [1.82, 2.24) is 15.5 Å². The van der Waals surface area contributed by atoms with Crippen LogP contribution in [0, 0.1) is 5.92 Å². The van der Waals surface area contributed by atoms with Crippen molar-refractivity contribution in [3.05, 3.63) is 65.2 Å². The summed E-state index contributed by atoms with van der Waals surface area (Å²) in [6.07, 6.45) is 0.670. The Kier molecular flexibility index (Phi) is 7.12. The molecule has 0 bridgehead atoms. The molecule has 3 amide bonds. The summed E-state index contributed by atoms with van der Waals surface area (Å²) in [5.74, 6) is 0.0245. The number of hydrogen-bond acceptors (Lipinski definition) is 5. The maximum atomic E-state index is 13.6. The number of thioether (sulfide) groups is 1. The lowest BCUT2D eigenvalue weighted by Crippen LogP contribution is -2.58. The first-order valence-electron chi connectivity index (χ1n) is 11.9. The van der Waals surface area contributed by atoms with Gasteiger partial charge in [-0.2, -0.15) is 0 Å². The number of benzene rings is 2. The van der Waals surface area contributed by atoms with Gasteiger partial charge in [-0.3, -0.25) is 14.4 Å². The highest BCUT2D eigenvalue weighted by Crippen LogP contribution is 2.56. The Morgan fingerprint density at radius 1 is 1.11 bits per heavy atom. The number of hydrogen-bond donors (Lipinski definition) is 2. The molecule has 0 spiro atoms. The monoisotopic (exact) mass is 495 g/mol. The normalized spacial score (nSPS) is 20.9. The fourth-order valence-corrected chi connectivity index (χ4v) is 6.39. The summed E-state index contributed by atoms with van der Waals surface area (Å²) in [5.41, 5.74) is 2.68. The third kappa shape index (κ3) is 4.89.